The second-order valence-electron chi connectivity index (χ2n) is 6.32. The molecule has 2 saturated heterocycles. The fourth-order valence-corrected chi connectivity index (χ4v) is 3.59. The molecule has 5 heteroatoms. The van der Waals surface area contributed by atoms with Crippen molar-refractivity contribution in [3.05, 3.63) is 29.6 Å². The molecule has 0 spiro atoms. The number of anilines is 1. The van der Waals surface area contributed by atoms with E-state index in [0.717, 1.165) is 56.7 Å². The Morgan fingerprint density at radius 3 is 2.73 bits per heavy atom. The first kappa shape index (κ1) is 15.3. The molecule has 4 nitrogen and oxygen atoms in total. The van der Waals surface area contributed by atoms with Gasteiger partial charge >= 0.3 is 0 Å². The summed E-state index contributed by atoms with van der Waals surface area (Å²) in [7, 11) is 0. The van der Waals surface area contributed by atoms with Gasteiger partial charge in [-0.3, -0.25) is 9.69 Å². The lowest BCUT2D eigenvalue weighted by Crippen LogP contribution is -2.47. The van der Waals surface area contributed by atoms with Gasteiger partial charge in [0.25, 0.3) is 0 Å². The van der Waals surface area contributed by atoms with E-state index in [4.69, 9.17) is 0 Å². The number of nitrogens with one attached hydrogen (secondary N) is 1. The number of hydrogen-bond donors (Lipinski definition) is 1. The van der Waals surface area contributed by atoms with E-state index in [9.17, 15) is 9.18 Å². The van der Waals surface area contributed by atoms with Gasteiger partial charge in [0.1, 0.15) is 5.82 Å². The summed E-state index contributed by atoms with van der Waals surface area (Å²) < 4.78 is 13.2. The molecule has 1 aromatic carbocycles. The van der Waals surface area contributed by atoms with Gasteiger partial charge < -0.3 is 10.2 Å². The lowest BCUT2D eigenvalue weighted by molar-refractivity contribution is -0.122. The second-order valence-corrected chi connectivity index (χ2v) is 6.32. The first-order valence-corrected chi connectivity index (χ1v) is 8.15. The van der Waals surface area contributed by atoms with E-state index in [1.54, 1.807) is 6.07 Å². The van der Waals surface area contributed by atoms with Crippen LogP contribution in [0.15, 0.2) is 18.2 Å². The summed E-state index contributed by atoms with van der Waals surface area (Å²) in [6.45, 7) is 6.22. The molecule has 22 heavy (non-hydrogen) atoms. The number of hydrogen-bond acceptors (Lipinski definition) is 3. The van der Waals surface area contributed by atoms with Crippen LogP contribution in [0.4, 0.5) is 10.1 Å². The summed E-state index contributed by atoms with van der Waals surface area (Å²) in [5, 5.41) is 2.93. The Balaban J connectivity index is 1.61. The molecule has 1 N–H and O–H groups in total. The SMILES string of the molecule is Cc1cc(F)ccc1N1CCC(N2CCCNC(=O)C2)CC1. The zero-order valence-corrected chi connectivity index (χ0v) is 13.1. The third kappa shape index (κ3) is 3.40. The maximum absolute atomic E-state index is 13.2. The van der Waals surface area contributed by atoms with E-state index < -0.39 is 0 Å². The van der Waals surface area contributed by atoms with Crippen molar-refractivity contribution >= 4 is 11.6 Å². The highest BCUT2D eigenvalue weighted by molar-refractivity contribution is 5.78. The Morgan fingerprint density at radius 1 is 1.23 bits per heavy atom. The molecule has 0 unspecified atom stereocenters. The first-order chi connectivity index (χ1) is 10.6. The van der Waals surface area contributed by atoms with E-state index in [1.807, 2.05) is 13.0 Å². The van der Waals surface area contributed by atoms with Crippen LogP contribution in [0.5, 0.6) is 0 Å². The number of amides is 1. The average molecular weight is 305 g/mol. The highest BCUT2D eigenvalue weighted by Crippen LogP contribution is 2.26. The van der Waals surface area contributed by atoms with Gasteiger partial charge in [0.15, 0.2) is 0 Å². The molecule has 0 radical (unpaired) electrons. The lowest BCUT2D eigenvalue weighted by Gasteiger charge is -2.39. The third-order valence-electron chi connectivity index (χ3n) is 4.77. The van der Waals surface area contributed by atoms with Crippen LogP contribution in [0.1, 0.15) is 24.8 Å². The number of aryl methyl sites for hydroxylation is 1. The molecule has 0 saturated carbocycles. The zero-order chi connectivity index (χ0) is 15.5. The van der Waals surface area contributed by atoms with Crippen LogP contribution >= 0.6 is 0 Å². The monoisotopic (exact) mass is 305 g/mol. The van der Waals surface area contributed by atoms with Crippen LogP contribution in [0.25, 0.3) is 0 Å². The van der Waals surface area contributed by atoms with Gasteiger partial charge in [-0.2, -0.15) is 0 Å². The number of carbonyl (C=O) groups is 1. The standard InChI is InChI=1S/C17H24FN3O/c1-13-11-14(18)3-4-16(13)20-9-5-15(6-10-20)21-8-2-7-19-17(22)12-21/h3-4,11,15H,2,5-10,12H2,1H3,(H,19,22). The van der Waals surface area contributed by atoms with Gasteiger partial charge in [-0.25, -0.2) is 4.39 Å². The van der Waals surface area contributed by atoms with Gasteiger partial charge in [-0.05, 0) is 49.9 Å². The molecule has 2 heterocycles. The second kappa shape index (κ2) is 6.65. The van der Waals surface area contributed by atoms with Crippen molar-refractivity contribution in [2.45, 2.75) is 32.2 Å². The van der Waals surface area contributed by atoms with Crippen molar-refractivity contribution in [2.24, 2.45) is 0 Å². The Kier molecular flexibility index (Phi) is 4.62. The summed E-state index contributed by atoms with van der Waals surface area (Å²) in [5.74, 6) is -0.0268. The summed E-state index contributed by atoms with van der Waals surface area (Å²) in [4.78, 5) is 16.4. The Labute approximate surface area is 131 Å². The summed E-state index contributed by atoms with van der Waals surface area (Å²) in [6, 6.07) is 5.50. The summed E-state index contributed by atoms with van der Waals surface area (Å²) in [5.41, 5.74) is 2.13. The maximum atomic E-state index is 13.2. The van der Waals surface area contributed by atoms with E-state index in [2.05, 4.69) is 15.1 Å². The predicted molar refractivity (Wildman–Crippen MR) is 85.6 cm³/mol. The van der Waals surface area contributed by atoms with Crippen molar-refractivity contribution in [2.75, 3.05) is 37.6 Å². The molecule has 2 aliphatic rings. The van der Waals surface area contributed by atoms with E-state index in [1.165, 1.54) is 6.07 Å². The Morgan fingerprint density at radius 2 is 2.00 bits per heavy atom. The minimum atomic E-state index is -0.174. The molecule has 120 valence electrons. The molecule has 3 rings (SSSR count). The van der Waals surface area contributed by atoms with Crippen LogP contribution in [0.3, 0.4) is 0 Å². The van der Waals surface area contributed by atoms with Gasteiger partial charge in [0.2, 0.25) is 5.91 Å². The fourth-order valence-electron chi connectivity index (χ4n) is 3.59. The molecular weight excluding hydrogens is 281 g/mol. The smallest absolute Gasteiger partial charge is 0.234 e. The molecule has 0 atom stereocenters. The van der Waals surface area contributed by atoms with Crippen molar-refractivity contribution in [1.29, 1.82) is 0 Å². The van der Waals surface area contributed by atoms with Crippen LogP contribution in [-0.2, 0) is 4.79 Å². The van der Waals surface area contributed by atoms with E-state index in [0.29, 0.717) is 12.6 Å². The first-order valence-electron chi connectivity index (χ1n) is 8.15. The minimum Gasteiger partial charge on any atom is -0.371 e. The van der Waals surface area contributed by atoms with E-state index in [-0.39, 0.29) is 11.7 Å². The molecule has 0 aliphatic carbocycles. The van der Waals surface area contributed by atoms with Crippen LogP contribution in [0, 0.1) is 12.7 Å². The predicted octanol–water partition coefficient (Wildman–Crippen LogP) is 1.92. The van der Waals surface area contributed by atoms with Gasteiger partial charge in [0.05, 0.1) is 6.54 Å². The Hall–Kier alpha value is -1.62. The summed E-state index contributed by atoms with van der Waals surface area (Å²) in [6.07, 6.45) is 3.15. The van der Waals surface area contributed by atoms with Crippen molar-refractivity contribution in [3.8, 4) is 0 Å². The van der Waals surface area contributed by atoms with Gasteiger partial charge in [0, 0.05) is 37.9 Å². The minimum absolute atomic E-state index is 0.148. The zero-order valence-electron chi connectivity index (χ0n) is 13.1. The highest BCUT2D eigenvalue weighted by atomic mass is 19.1. The number of nitrogens with zero attached hydrogens (tertiary/aromatic N) is 2. The molecular formula is C17H24FN3O. The molecule has 2 aliphatic heterocycles. The van der Waals surface area contributed by atoms with Crippen LogP contribution < -0.4 is 10.2 Å². The number of carbonyl (C=O) groups excluding carboxylic acids is 1. The molecule has 1 aromatic rings. The van der Waals surface area contributed by atoms with Crippen LogP contribution in [0.2, 0.25) is 0 Å². The quantitative estimate of drug-likeness (QED) is 0.907. The van der Waals surface area contributed by atoms with Crippen molar-refractivity contribution < 1.29 is 9.18 Å². The number of rotatable bonds is 2. The lowest BCUT2D eigenvalue weighted by atomic mass is 10.0. The topological polar surface area (TPSA) is 35.6 Å². The number of piperidine rings is 1. The van der Waals surface area contributed by atoms with E-state index >= 15 is 0 Å². The van der Waals surface area contributed by atoms with Crippen molar-refractivity contribution in [3.63, 3.8) is 0 Å². The normalized spacial score (nSPS) is 21.5. The van der Waals surface area contributed by atoms with Crippen LogP contribution in [-0.4, -0.2) is 49.6 Å². The molecule has 0 aromatic heterocycles. The van der Waals surface area contributed by atoms with Gasteiger partial charge in [-0.1, -0.05) is 0 Å². The largest absolute Gasteiger partial charge is 0.371 e. The molecule has 2 fully saturated rings. The number of halogens is 1. The Bertz CT molecular complexity index is 541. The average Bonchev–Trinajstić information content (AvgIpc) is 2.72. The van der Waals surface area contributed by atoms with Crippen molar-refractivity contribution in [1.82, 2.24) is 10.2 Å². The third-order valence-corrected chi connectivity index (χ3v) is 4.77. The summed E-state index contributed by atoms with van der Waals surface area (Å²) >= 11 is 0. The number of benzene rings is 1. The molecule has 0 bridgehead atoms. The maximum Gasteiger partial charge on any atom is 0.234 e. The van der Waals surface area contributed by atoms with Gasteiger partial charge in [-0.15, -0.1) is 0 Å². The fraction of sp³-hybridized carbons (Fsp3) is 0.588. The highest BCUT2D eigenvalue weighted by Gasteiger charge is 2.27. The molecule has 1 amide bonds.